The normalized spacial score (nSPS) is 22.8. The molecule has 5 nitrogen and oxygen atoms in total. The minimum absolute atomic E-state index is 0.165. The van der Waals surface area contributed by atoms with Gasteiger partial charge in [0.05, 0.1) is 20.1 Å². The topological polar surface area (TPSA) is 67.8 Å². The Bertz CT molecular complexity index is 447. The first-order valence-corrected chi connectivity index (χ1v) is 5.85. The van der Waals surface area contributed by atoms with Gasteiger partial charge in [0.15, 0.2) is 11.5 Å². The molecular weight excluding hydrogens is 234 g/mol. The van der Waals surface area contributed by atoms with Gasteiger partial charge in [0, 0.05) is 6.04 Å². The van der Waals surface area contributed by atoms with Crippen LogP contribution in [0.1, 0.15) is 18.0 Å². The van der Waals surface area contributed by atoms with E-state index >= 15 is 0 Å². The Morgan fingerprint density at radius 1 is 1.33 bits per heavy atom. The third-order valence-electron chi connectivity index (χ3n) is 3.31. The lowest BCUT2D eigenvalue weighted by Gasteiger charge is -2.18. The van der Waals surface area contributed by atoms with Crippen molar-refractivity contribution in [1.82, 2.24) is 5.32 Å². The van der Waals surface area contributed by atoms with Crippen LogP contribution in [0.15, 0.2) is 18.2 Å². The zero-order valence-electron chi connectivity index (χ0n) is 10.5. The Balaban J connectivity index is 2.30. The van der Waals surface area contributed by atoms with Gasteiger partial charge in [-0.25, -0.2) is 0 Å². The number of aliphatic carboxylic acids is 1. The molecule has 1 aromatic rings. The molecule has 1 aliphatic heterocycles. The van der Waals surface area contributed by atoms with Crippen molar-refractivity contribution in [3.63, 3.8) is 0 Å². The predicted octanol–water partition coefficient (Wildman–Crippen LogP) is 1.44. The van der Waals surface area contributed by atoms with Crippen LogP contribution in [-0.4, -0.2) is 31.8 Å². The van der Waals surface area contributed by atoms with Gasteiger partial charge in [-0.15, -0.1) is 0 Å². The number of methoxy groups -OCH3 is 2. The van der Waals surface area contributed by atoms with E-state index in [1.54, 1.807) is 20.3 Å². The van der Waals surface area contributed by atoms with Crippen LogP contribution >= 0.6 is 0 Å². The second kappa shape index (κ2) is 5.27. The first-order valence-electron chi connectivity index (χ1n) is 5.85. The summed E-state index contributed by atoms with van der Waals surface area (Å²) in [6.07, 6.45) is 0.647. The van der Waals surface area contributed by atoms with Crippen LogP contribution in [0.5, 0.6) is 11.5 Å². The zero-order chi connectivity index (χ0) is 13.1. The number of carboxylic acid groups (broad SMARTS) is 1. The molecule has 0 amide bonds. The standard InChI is InChI=1S/C13H17NO4/c1-17-10-4-3-8(7-11(10)18-2)12-9(13(15)16)5-6-14-12/h3-4,7,9,12,14H,5-6H2,1-2H3,(H,15,16). The smallest absolute Gasteiger partial charge is 0.308 e. The van der Waals surface area contributed by atoms with Crippen LogP contribution in [-0.2, 0) is 4.79 Å². The highest BCUT2D eigenvalue weighted by Crippen LogP contribution is 2.35. The van der Waals surface area contributed by atoms with Crippen molar-refractivity contribution in [2.45, 2.75) is 12.5 Å². The molecule has 0 bridgehead atoms. The first-order chi connectivity index (χ1) is 8.67. The minimum atomic E-state index is -0.764. The molecule has 1 aliphatic rings. The van der Waals surface area contributed by atoms with Crippen molar-refractivity contribution in [1.29, 1.82) is 0 Å². The van der Waals surface area contributed by atoms with Gasteiger partial charge < -0.3 is 19.9 Å². The van der Waals surface area contributed by atoms with Crippen molar-refractivity contribution >= 4 is 5.97 Å². The van der Waals surface area contributed by atoms with Crippen molar-refractivity contribution in [3.05, 3.63) is 23.8 Å². The lowest BCUT2D eigenvalue weighted by molar-refractivity contribution is -0.142. The molecule has 0 aromatic heterocycles. The van der Waals surface area contributed by atoms with Gasteiger partial charge in [0.2, 0.25) is 0 Å². The van der Waals surface area contributed by atoms with E-state index in [0.717, 1.165) is 12.1 Å². The molecule has 0 aliphatic carbocycles. The summed E-state index contributed by atoms with van der Waals surface area (Å²) in [4.78, 5) is 11.2. The van der Waals surface area contributed by atoms with Crippen LogP contribution in [0.3, 0.4) is 0 Å². The van der Waals surface area contributed by atoms with Gasteiger partial charge in [-0.3, -0.25) is 4.79 Å². The second-order valence-electron chi connectivity index (χ2n) is 4.28. The minimum Gasteiger partial charge on any atom is -0.493 e. The van der Waals surface area contributed by atoms with E-state index in [4.69, 9.17) is 9.47 Å². The van der Waals surface area contributed by atoms with E-state index in [9.17, 15) is 9.90 Å². The summed E-state index contributed by atoms with van der Waals surface area (Å²) in [5, 5.41) is 12.4. The fraction of sp³-hybridized carbons (Fsp3) is 0.462. The fourth-order valence-corrected chi connectivity index (χ4v) is 2.37. The molecule has 1 fully saturated rings. The molecule has 5 heteroatoms. The van der Waals surface area contributed by atoms with Crippen LogP contribution in [0, 0.1) is 5.92 Å². The lowest BCUT2D eigenvalue weighted by Crippen LogP contribution is -2.23. The molecule has 2 atom stereocenters. The maximum atomic E-state index is 11.2. The molecule has 98 valence electrons. The molecule has 2 rings (SSSR count). The summed E-state index contributed by atoms with van der Waals surface area (Å²) in [6, 6.07) is 5.34. The third kappa shape index (κ3) is 2.26. The van der Waals surface area contributed by atoms with Crippen LogP contribution in [0.4, 0.5) is 0 Å². The molecule has 1 aromatic carbocycles. The Kier molecular flexibility index (Phi) is 3.72. The van der Waals surface area contributed by atoms with Gasteiger partial charge in [0.25, 0.3) is 0 Å². The third-order valence-corrected chi connectivity index (χ3v) is 3.31. The van der Waals surface area contributed by atoms with Crippen LogP contribution in [0.2, 0.25) is 0 Å². The Hall–Kier alpha value is -1.75. The summed E-state index contributed by atoms with van der Waals surface area (Å²) < 4.78 is 10.4. The number of hydrogen-bond acceptors (Lipinski definition) is 4. The highest BCUT2D eigenvalue weighted by molar-refractivity contribution is 5.72. The number of ether oxygens (including phenoxy) is 2. The van der Waals surface area contributed by atoms with Gasteiger partial charge in [-0.05, 0) is 30.7 Å². The van der Waals surface area contributed by atoms with Crippen molar-refractivity contribution in [2.75, 3.05) is 20.8 Å². The van der Waals surface area contributed by atoms with Crippen LogP contribution in [0.25, 0.3) is 0 Å². The average Bonchev–Trinajstić information content (AvgIpc) is 2.87. The summed E-state index contributed by atoms with van der Waals surface area (Å²) in [5.41, 5.74) is 0.914. The van der Waals surface area contributed by atoms with E-state index in [0.29, 0.717) is 17.9 Å². The highest BCUT2D eigenvalue weighted by Gasteiger charge is 2.34. The number of carbonyl (C=O) groups is 1. The largest absolute Gasteiger partial charge is 0.493 e. The monoisotopic (exact) mass is 251 g/mol. The highest BCUT2D eigenvalue weighted by atomic mass is 16.5. The summed E-state index contributed by atoms with van der Waals surface area (Å²) in [7, 11) is 3.14. The van der Waals surface area contributed by atoms with E-state index in [2.05, 4.69) is 5.32 Å². The maximum Gasteiger partial charge on any atom is 0.308 e. The Morgan fingerprint density at radius 2 is 2.06 bits per heavy atom. The molecule has 1 saturated heterocycles. The summed E-state index contributed by atoms with van der Waals surface area (Å²) >= 11 is 0. The summed E-state index contributed by atoms with van der Waals surface area (Å²) in [6.45, 7) is 0.718. The van der Waals surface area contributed by atoms with Gasteiger partial charge in [-0.2, -0.15) is 0 Å². The number of hydrogen-bond donors (Lipinski definition) is 2. The van der Waals surface area contributed by atoms with E-state index in [1.807, 2.05) is 12.1 Å². The Morgan fingerprint density at radius 3 is 2.67 bits per heavy atom. The molecule has 0 radical (unpaired) electrons. The van der Waals surface area contributed by atoms with Crippen molar-refractivity contribution in [2.24, 2.45) is 5.92 Å². The maximum absolute atomic E-state index is 11.2. The molecule has 0 saturated carbocycles. The molecule has 0 spiro atoms. The lowest BCUT2D eigenvalue weighted by atomic mass is 9.94. The van der Waals surface area contributed by atoms with E-state index in [-0.39, 0.29) is 12.0 Å². The molecule has 18 heavy (non-hydrogen) atoms. The second-order valence-corrected chi connectivity index (χ2v) is 4.28. The first kappa shape index (κ1) is 12.7. The quantitative estimate of drug-likeness (QED) is 0.847. The molecular formula is C13H17NO4. The summed E-state index contributed by atoms with van der Waals surface area (Å²) in [5.74, 6) is 0.113. The van der Waals surface area contributed by atoms with Gasteiger partial charge >= 0.3 is 5.97 Å². The zero-order valence-corrected chi connectivity index (χ0v) is 10.5. The molecule has 2 N–H and O–H groups in total. The number of carboxylic acids is 1. The van der Waals surface area contributed by atoms with Gasteiger partial charge in [-0.1, -0.05) is 6.07 Å². The predicted molar refractivity (Wildman–Crippen MR) is 66.0 cm³/mol. The van der Waals surface area contributed by atoms with Crippen LogP contribution < -0.4 is 14.8 Å². The number of nitrogens with one attached hydrogen (secondary N) is 1. The Labute approximate surface area is 106 Å². The van der Waals surface area contributed by atoms with E-state index < -0.39 is 5.97 Å². The fourth-order valence-electron chi connectivity index (χ4n) is 2.37. The number of benzene rings is 1. The number of rotatable bonds is 4. The average molecular weight is 251 g/mol. The van der Waals surface area contributed by atoms with Gasteiger partial charge in [0.1, 0.15) is 0 Å². The van der Waals surface area contributed by atoms with E-state index in [1.165, 1.54) is 0 Å². The SMILES string of the molecule is COc1ccc(C2NCCC2C(=O)O)cc1OC. The molecule has 1 heterocycles. The van der Waals surface area contributed by atoms with Crippen molar-refractivity contribution < 1.29 is 19.4 Å². The van der Waals surface area contributed by atoms with Crippen molar-refractivity contribution in [3.8, 4) is 11.5 Å². The molecule has 2 unspecified atom stereocenters.